The number of piperidine rings is 1. The molecule has 162 valence electrons. The fourth-order valence-electron chi connectivity index (χ4n) is 3.78. The largest absolute Gasteiger partial charge is 0.416 e. The molecule has 2 aromatic rings. The topological polar surface area (TPSA) is 44.4 Å². The molecule has 0 atom stereocenters. The van der Waals surface area contributed by atoms with Gasteiger partial charge in [0.15, 0.2) is 0 Å². The fraction of sp³-hybridized carbons (Fsp3) is 0.435. The first-order valence-electron chi connectivity index (χ1n) is 10.4. The van der Waals surface area contributed by atoms with Crippen molar-refractivity contribution in [1.29, 1.82) is 0 Å². The van der Waals surface area contributed by atoms with Gasteiger partial charge in [0.05, 0.1) is 5.56 Å². The molecule has 2 aromatic carbocycles. The summed E-state index contributed by atoms with van der Waals surface area (Å²) < 4.78 is 37.7. The van der Waals surface area contributed by atoms with Crippen molar-refractivity contribution in [3.05, 3.63) is 65.7 Å². The van der Waals surface area contributed by atoms with Gasteiger partial charge in [-0.2, -0.15) is 13.2 Å². The van der Waals surface area contributed by atoms with Crippen molar-refractivity contribution < 1.29 is 18.0 Å². The number of carbonyl (C=O) groups excluding carboxylic acids is 1. The third-order valence-corrected chi connectivity index (χ3v) is 5.48. The van der Waals surface area contributed by atoms with Gasteiger partial charge in [-0.25, -0.2) is 4.79 Å². The van der Waals surface area contributed by atoms with E-state index in [9.17, 15) is 18.0 Å². The van der Waals surface area contributed by atoms with Gasteiger partial charge in [-0.1, -0.05) is 30.3 Å². The van der Waals surface area contributed by atoms with E-state index < -0.39 is 17.8 Å². The van der Waals surface area contributed by atoms with Crippen LogP contribution in [0.1, 0.15) is 30.4 Å². The van der Waals surface area contributed by atoms with E-state index in [4.69, 9.17) is 0 Å². The van der Waals surface area contributed by atoms with Crippen LogP contribution in [-0.2, 0) is 12.6 Å². The van der Waals surface area contributed by atoms with E-state index in [-0.39, 0.29) is 0 Å². The molecule has 7 heteroatoms. The highest BCUT2D eigenvalue weighted by atomic mass is 19.4. The molecule has 1 aliphatic rings. The summed E-state index contributed by atoms with van der Waals surface area (Å²) in [5.74, 6) is 0.733. The summed E-state index contributed by atoms with van der Waals surface area (Å²) in [4.78, 5) is 14.3. The summed E-state index contributed by atoms with van der Waals surface area (Å²) in [7, 11) is 0. The molecule has 2 amide bonds. The van der Waals surface area contributed by atoms with Gasteiger partial charge in [0, 0.05) is 12.2 Å². The number of halogens is 3. The van der Waals surface area contributed by atoms with Crippen LogP contribution >= 0.6 is 0 Å². The molecule has 0 saturated carbocycles. The number of hydrogen-bond donors (Lipinski definition) is 2. The van der Waals surface area contributed by atoms with Gasteiger partial charge in [-0.05, 0) is 81.1 Å². The van der Waals surface area contributed by atoms with Crippen molar-refractivity contribution in [2.45, 2.75) is 31.9 Å². The molecule has 1 saturated heterocycles. The minimum atomic E-state index is -4.38. The molecule has 1 fully saturated rings. The summed E-state index contributed by atoms with van der Waals surface area (Å²) in [6.45, 7) is 3.61. The Morgan fingerprint density at radius 2 is 1.67 bits per heavy atom. The lowest BCUT2D eigenvalue weighted by Gasteiger charge is -2.32. The first-order chi connectivity index (χ1) is 14.4. The Hall–Kier alpha value is -2.54. The van der Waals surface area contributed by atoms with Crippen LogP contribution < -0.4 is 10.6 Å². The third kappa shape index (κ3) is 7.06. The summed E-state index contributed by atoms with van der Waals surface area (Å²) in [5, 5.41) is 5.32. The van der Waals surface area contributed by atoms with Gasteiger partial charge in [-0.15, -0.1) is 0 Å². The summed E-state index contributed by atoms with van der Waals surface area (Å²) in [6.07, 6.45) is -0.0194. The van der Waals surface area contributed by atoms with Crippen molar-refractivity contribution in [2.75, 3.05) is 31.5 Å². The molecule has 4 nitrogen and oxygen atoms in total. The molecule has 0 aliphatic carbocycles. The lowest BCUT2D eigenvalue weighted by atomic mass is 9.90. The van der Waals surface area contributed by atoms with E-state index >= 15 is 0 Å². The van der Waals surface area contributed by atoms with Crippen LogP contribution in [0, 0.1) is 5.92 Å². The van der Waals surface area contributed by atoms with E-state index in [1.54, 1.807) is 0 Å². The molecular weight excluding hydrogens is 391 g/mol. The quantitative estimate of drug-likeness (QED) is 0.608. The Kier molecular flexibility index (Phi) is 7.74. The number of alkyl halides is 3. The number of anilines is 1. The maximum absolute atomic E-state index is 12.6. The zero-order valence-corrected chi connectivity index (χ0v) is 16.9. The zero-order chi connectivity index (χ0) is 21.4. The van der Waals surface area contributed by atoms with Crippen LogP contribution in [0.3, 0.4) is 0 Å². The van der Waals surface area contributed by atoms with E-state index in [1.807, 2.05) is 6.07 Å². The number of likely N-dealkylation sites (tertiary alicyclic amines) is 1. The van der Waals surface area contributed by atoms with E-state index in [2.05, 4.69) is 39.8 Å². The predicted molar refractivity (Wildman–Crippen MR) is 112 cm³/mol. The number of benzene rings is 2. The molecule has 0 aromatic heterocycles. The van der Waals surface area contributed by atoms with Crippen LogP contribution in [-0.4, -0.2) is 37.1 Å². The second kappa shape index (κ2) is 10.5. The molecule has 1 aliphatic heterocycles. The Balaban J connectivity index is 1.28. The minimum Gasteiger partial charge on any atom is -0.338 e. The standard InChI is InChI=1S/C23H28F3N3O/c24-23(25,26)20-7-9-21(10-8-20)28-22(30)27-13-4-14-29-15-11-19(12-16-29)17-18-5-2-1-3-6-18/h1-3,5-10,19H,4,11-17H2,(H2,27,28,30). The number of nitrogens with zero attached hydrogens (tertiary/aromatic N) is 1. The van der Waals surface area contributed by atoms with Crippen LogP contribution in [0.25, 0.3) is 0 Å². The highest BCUT2D eigenvalue weighted by Crippen LogP contribution is 2.29. The number of carbonyl (C=O) groups is 1. The Bertz CT molecular complexity index is 786. The molecule has 30 heavy (non-hydrogen) atoms. The molecule has 0 bridgehead atoms. The van der Waals surface area contributed by atoms with Crippen molar-refractivity contribution in [1.82, 2.24) is 10.2 Å². The average Bonchev–Trinajstić information content (AvgIpc) is 2.73. The highest BCUT2D eigenvalue weighted by molar-refractivity contribution is 5.89. The second-order valence-electron chi connectivity index (χ2n) is 7.78. The molecule has 0 unspecified atom stereocenters. The molecular formula is C23H28F3N3O. The van der Waals surface area contributed by atoms with Gasteiger partial charge < -0.3 is 15.5 Å². The van der Waals surface area contributed by atoms with Crippen LogP contribution in [0.15, 0.2) is 54.6 Å². The fourth-order valence-corrected chi connectivity index (χ4v) is 3.78. The average molecular weight is 419 g/mol. The molecule has 0 radical (unpaired) electrons. The zero-order valence-electron chi connectivity index (χ0n) is 16.9. The number of rotatable bonds is 7. The SMILES string of the molecule is O=C(NCCCN1CCC(Cc2ccccc2)CC1)Nc1ccc(C(F)(F)F)cc1. The number of nitrogens with one attached hydrogen (secondary N) is 2. The maximum atomic E-state index is 12.6. The predicted octanol–water partition coefficient (Wildman–Crippen LogP) is 5.17. The Morgan fingerprint density at radius 3 is 2.30 bits per heavy atom. The monoisotopic (exact) mass is 419 g/mol. The Morgan fingerprint density at radius 1 is 1.00 bits per heavy atom. The second-order valence-corrected chi connectivity index (χ2v) is 7.78. The normalized spacial score (nSPS) is 15.7. The molecule has 2 N–H and O–H groups in total. The van der Waals surface area contributed by atoms with Gasteiger partial charge in [0.25, 0.3) is 0 Å². The van der Waals surface area contributed by atoms with Crippen LogP contribution in [0.5, 0.6) is 0 Å². The molecule has 0 spiro atoms. The van der Waals surface area contributed by atoms with E-state index in [1.165, 1.54) is 30.5 Å². The number of hydrogen-bond acceptors (Lipinski definition) is 2. The van der Waals surface area contributed by atoms with Gasteiger partial charge >= 0.3 is 12.2 Å². The summed E-state index contributed by atoms with van der Waals surface area (Å²) in [5.41, 5.74) is 1.00. The van der Waals surface area contributed by atoms with Crippen molar-refractivity contribution in [3.63, 3.8) is 0 Å². The minimum absolute atomic E-state index is 0.334. The summed E-state index contributed by atoms with van der Waals surface area (Å²) >= 11 is 0. The smallest absolute Gasteiger partial charge is 0.338 e. The first kappa shape index (κ1) is 22.2. The molecule has 3 rings (SSSR count). The highest BCUT2D eigenvalue weighted by Gasteiger charge is 2.30. The van der Waals surface area contributed by atoms with Crippen molar-refractivity contribution >= 4 is 11.7 Å². The number of amides is 2. The van der Waals surface area contributed by atoms with E-state index in [0.717, 1.165) is 50.5 Å². The van der Waals surface area contributed by atoms with E-state index in [0.29, 0.717) is 12.2 Å². The Labute approximate surface area is 175 Å². The third-order valence-electron chi connectivity index (χ3n) is 5.48. The van der Waals surface area contributed by atoms with Crippen LogP contribution in [0.4, 0.5) is 23.7 Å². The number of urea groups is 1. The van der Waals surface area contributed by atoms with Crippen molar-refractivity contribution in [3.8, 4) is 0 Å². The lowest BCUT2D eigenvalue weighted by molar-refractivity contribution is -0.137. The van der Waals surface area contributed by atoms with Crippen molar-refractivity contribution in [2.24, 2.45) is 5.92 Å². The van der Waals surface area contributed by atoms with Crippen LogP contribution in [0.2, 0.25) is 0 Å². The maximum Gasteiger partial charge on any atom is 0.416 e. The first-order valence-corrected chi connectivity index (χ1v) is 10.4. The lowest BCUT2D eigenvalue weighted by Crippen LogP contribution is -2.37. The molecule has 1 heterocycles. The van der Waals surface area contributed by atoms with Gasteiger partial charge in [0.1, 0.15) is 0 Å². The van der Waals surface area contributed by atoms with Gasteiger partial charge in [0.2, 0.25) is 0 Å². The van der Waals surface area contributed by atoms with Gasteiger partial charge in [-0.3, -0.25) is 0 Å². The summed E-state index contributed by atoms with van der Waals surface area (Å²) in [6, 6.07) is 14.6.